The second-order valence-corrected chi connectivity index (χ2v) is 7.24. The van der Waals surface area contributed by atoms with Gasteiger partial charge in [-0.2, -0.15) is 0 Å². The number of primary amides is 1. The van der Waals surface area contributed by atoms with E-state index in [9.17, 15) is 9.59 Å². The first-order valence-corrected chi connectivity index (χ1v) is 9.31. The molecule has 5 heteroatoms. The second-order valence-electron chi connectivity index (χ2n) is 6.22. The molecule has 3 N–H and O–H groups in total. The number of nitrogens with one attached hydrogen (secondary N) is 1. The minimum Gasteiger partial charge on any atom is -0.369 e. The summed E-state index contributed by atoms with van der Waals surface area (Å²) in [6.07, 6.45) is 0. The third-order valence-corrected chi connectivity index (χ3v) is 5.11. The highest BCUT2D eigenvalue weighted by Crippen LogP contribution is 2.25. The van der Waals surface area contributed by atoms with E-state index in [1.807, 2.05) is 36.4 Å². The Morgan fingerprint density at radius 3 is 2.32 bits per heavy atom. The number of hydrogen-bond acceptors (Lipinski definition) is 3. The fourth-order valence-electron chi connectivity index (χ4n) is 2.67. The fourth-order valence-corrected chi connectivity index (χ4v) is 3.45. The van der Waals surface area contributed by atoms with Crippen LogP contribution in [-0.4, -0.2) is 24.1 Å². The number of nitrogens with two attached hydrogens (primary N) is 1. The van der Waals surface area contributed by atoms with Gasteiger partial charge in [-0.1, -0.05) is 56.3 Å². The summed E-state index contributed by atoms with van der Waals surface area (Å²) < 4.78 is 0. The molecule has 0 saturated carbocycles. The van der Waals surface area contributed by atoms with Gasteiger partial charge >= 0.3 is 0 Å². The van der Waals surface area contributed by atoms with Crippen LogP contribution >= 0.6 is 11.8 Å². The molecule has 0 bridgehead atoms. The van der Waals surface area contributed by atoms with Crippen molar-refractivity contribution in [2.75, 3.05) is 12.3 Å². The standard InChI is InChI=1S/C20H24N2O2S/c1-14(2)17(15-8-4-3-5-9-15)12-22-20(24)16-10-6-7-11-18(16)25-13-19(21)23/h3-11,14,17H,12-13H2,1-2H3,(H2,21,23)(H,22,24). The van der Waals surface area contributed by atoms with Crippen molar-refractivity contribution in [3.05, 3.63) is 65.7 Å². The van der Waals surface area contributed by atoms with Gasteiger partial charge < -0.3 is 11.1 Å². The van der Waals surface area contributed by atoms with Crippen LogP contribution < -0.4 is 11.1 Å². The second kappa shape index (κ2) is 9.28. The predicted molar refractivity (Wildman–Crippen MR) is 103 cm³/mol. The molecule has 4 nitrogen and oxygen atoms in total. The van der Waals surface area contributed by atoms with Crippen LogP contribution in [0.4, 0.5) is 0 Å². The number of rotatable bonds is 8. The zero-order valence-corrected chi connectivity index (χ0v) is 15.4. The van der Waals surface area contributed by atoms with Crippen molar-refractivity contribution in [1.82, 2.24) is 5.32 Å². The van der Waals surface area contributed by atoms with Crippen LogP contribution in [0, 0.1) is 5.92 Å². The highest BCUT2D eigenvalue weighted by Gasteiger charge is 2.18. The maximum absolute atomic E-state index is 12.6. The van der Waals surface area contributed by atoms with Gasteiger partial charge in [0.1, 0.15) is 0 Å². The van der Waals surface area contributed by atoms with Crippen molar-refractivity contribution in [3.63, 3.8) is 0 Å². The minimum absolute atomic E-state index is 0.130. The van der Waals surface area contributed by atoms with E-state index in [0.29, 0.717) is 18.0 Å². The first kappa shape index (κ1) is 19.1. The summed E-state index contributed by atoms with van der Waals surface area (Å²) in [5.41, 5.74) is 6.99. The number of hydrogen-bond donors (Lipinski definition) is 2. The monoisotopic (exact) mass is 356 g/mol. The Kier molecular flexibility index (Phi) is 7.07. The lowest BCUT2D eigenvalue weighted by molar-refractivity contribution is -0.115. The van der Waals surface area contributed by atoms with Crippen molar-refractivity contribution < 1.29 is 9.59 Å². The third kappa shape index (κ3) is 5.64. The third-order valence-electron chi connectivity index (χ3n) is 4.02. The van der Waals surface area contributed by atoms with Gasteiger partial charge in [0.05, 0.1) is 11.3 Å². The lowest BCUT2D eigenvalue weighted by Crippen LogP contribution is -2.30. The zero-order valence-electron chi connectivity index (χ0n) is 14.6. The van der Waals surface area contributed by atoms with E-state index in [-0.39, 0.29) is 17.6 Å². The Balaban J connectivity index is 2.07. The highest BCUT2D eigenvalue weighted by molar-refractivity contribution is 8.00. The zero-order chi connectivity index (χ0) is 18.2. The number of amides is 2. The molecule has 0 aromatic heterocycles. The number of carbonyl (C=O) groups is 2. The van der Waals surface area contributed by atoms with E-state index in [0.717, 1.165) is 4.90 Å². The molecule has 0 heterocycles. The van der Waals surface area contributed by atoms with Crippen LogP contribution in [0.5, 0.6) is 0 Å². The molecule has 0 aliphatic carbocycles. The summed E-state index contributed by atoms with van der Waals surface area (Å²) in [5.74, 6) is 0.277. The maximum Gasteiger partial charge on any atom is 0.252 e. The molecule has 0 fully saturated rings. The topological polar surface area (TPSA) is 72.2 Å². The van der Waals surface area contributed by atoms with Gasteiger partial charge in [-0.05, 0) is 23.6 Å². The molecule has 0 radical (unpaired) electrons. The first-order valence-electron chi connectivity index (χ1n) is 8.32. The Hall–Kier alpha value is -2.27. The summed E-state index contributed by atoms with van der Waals surface area (Å²) in [5, 5.41) is 3.04. The average molecular weight is 356 g/mol. The average Bonchev–Trinajstić information content (AvgIpc) is 2.61. The van der Waals surface area contributed by atoms with E-state index < -0.39 is 5.91 Å². The Morgan fingerprint density at radius 1 is 1.04 bits per heavy atom. The number of carbonyl (C=O) groups excluding carboxylic acids is 2. The van der Waals surface area contributed by atoms with E-state index in [1.54, 1.807) is 6.07 Å². The summed E-state index contributed by atoms with van der Waals surface area (Å²) >= 11 is 1.29. The van der Waals surface area contributed by atoms with Crippen LogP contribution in [0.3, 0.4) is 0 Å². The van der Waals surface area contributed by atoms with Crippen LogP contribution in [0.1, 0.15) is 35.7 Å². The molecule has 0 saturated heterocycles. The minimum atomic E-state index is -0.399. The van der Waals surface area contributed by atoms with Crippen LogP contribution in [0.25, 0.3) is 0 Å². The normalized spacial score (nSPS) is 12.0. The molecule has 2 aromatic carbocycles. The summed E-state index contributed by atoms with van der Waals surface area (Å²) in [6, 6.07) is 17.5. The molecular weight excluding hydrogens is 332 g/mol. The van der Waals surface area contributed by atoms with E-state index in [1.165, 1.54) is 17.3 Å². The number of benzene rings is 2. The smallest absolute Gasteiger partial charge is 0.252 e. The summed E-state index contributed by atoms with van der Waals surface area (Å²) in [4.78, 5) is 24.4. The van der Waals surface area contributed by atoms with Crippen molar-refractivity contribution in [2.24, 2.45) is 11.7 Å². The van der Waals surface area contributed by atoms with Crippen LogP contribution in [-0.2, 0) is 4.79 Å². The van der Waals surface area contributed by atoms with Gasteiger partial charge in [0.15, 0.2) is 0 Å². The van der Waals surface area contributed by atoms with Crippen LogP contribution in [0.2, 0.25) is 0 Å². The fraction of sp³-hybridized carbons (Fsp3) is 0.300. The molecule has 0 aliphatic heterocycles. The van der Waals surface area contributed by atoms with E-state index in [4.69, 9.17) is 5.73 Å². The van der Waals surface area contributed by atoms with Crippen molar-refractivity contribution >= 4 is 23.6 Å². The van der Waals surface area contributed by atoms with Gasteiger partial charge in [-0.25, -0.2) is 0 Å². The molecule has 2 aromatic rings. The highest BCUT2D eigenvalue weighted by atomic mass is 32.2. The van der Waals surface area contributed by atoms with Gasteiger partial charge in [-0.15, -0.1) is 11.8 Å². The first-order chi connectivity index (χ1) is 12.0. The van der Waals surface area contributed by atoms with Gasteiger partial charge in [0.2, 0.25) is 5.91 Å². The molecule has 132 valence electrons. The lowest BCUT2D eigenvalue weighted by atomic mass is 9.88. The SMILES string of the molecule is CC(C)C(CNC(=O)c1ccccc1SCC(N)=O)c1ccccc1. The number of thioether (sulfide) groups is 1. The lowest BCUT2D eigenvalue weighted by Gasteiger charge is -2.22. The molecule has 25 heavy (non-hydrogen) atoms. The molecule has 1 unspecified atom stereocenters. The molecule has 0 aliphatic rings. The molecule has 2 rings (SSSR count). The van der Waals surface area contributed by atoms with Crippen molar-refractivity contribution in [2.45, 2.75) is 24.7 Å². The van der Waals surface area contributed by atoms with Gasteiger partial charge in [0.25, 0.3) is 5.91 Å². The largest absolute Gasteiger partial charge is 0.369 e. The summed E-state index contributed by atoms with van der Waals surface area (Å²) in [6.45, 7) is 4.87. The quantitative estimate of drug-likeness (QED) is 0.712. The molecule has 0 spiro atoms. The molecule has 2 amide bonds. The van der Waals surface area contributed by atoms with Gasteiger partial charge in [-0.3, -0.25) is 9.59 Å². The summed E-state index contributed by atoms with van der Waals surface area (Å²) in [7, 11) is 0. The van der Waals surface area contributed by atoms with Gasteiger partial charge in [0, 0.05) is 17.4 Å². The maximum atomic E-state index is 12.6. The Morgan fingerprint density at radius 2 is 1.68 bits per heavy atom. The van der Waals surface area contributed by atoms with E-state index >= 15 is 0 Å². The predicted octanol–water partition coefficient (Wildman–Crippen LogP) is 3.43. The molecule has 1 atom stereocenters. The van der Waals surface area contributed by atoms with Crippen molar-refractivity contribution in [3.8, 4) is 0 Å². The Labute approximate surface area is 153 Å². The van der Waals surface area contributed by atoms with E-state index in [2.05, 4.69) is 31.3 Å². The Bertz CT molecular complexity index is 717. The van der Waals surface area contributed by atoms with Crippen LogP contribution in [0.15, 0.2) is 59.5 Å². The van der Waals surface area contributed by atoms with Crippen molar-refractivity contribution in [1.29, 1.82) is 0 Å². The molecular formula is C20H24N2O2S.